The predicted molar refractivity (Wildman–Crippen MR) is 71.1 cm³/mol. The zero-order valence-corrected chi connectivity index (χ0v) is 12.1. The van der Waals surface area contributed by atoms with Crippen LogP contribution in [0.15, 0.2) is 12.4 Å². The molecular weight excluding hydrogens is 288 g/mol. The second kappa shape index (κ2) is 4.94. The van der Waals surface area contributed by atoms with Crippen molar-refractivity contribution < 1.29 is 17.6 Å². The fourth-order valence-electron chi connectivity index (χ4n) is 1.62. The Balaban J connectivity index is 2.67. The van der Waals surface area contributed by atoms with Gasteiger partial charge in [0.05, 0.1) is 11.1 Å². The van der Waals surface area contributed by atoms with E-state index in [2.05, 4.69) is 16.4 Å². The highest BCUT2D eigenvalue weighted by Gasteiger charge is 2.19. The van der Waals surface area contributed by atoms with Crippen molar-refractivity contribution in [3.8, 4) is 11.5 Å². The van der Waals surface area contributed by atoms with E-state index in [1.807, 2.05) is 19.6 Å². The molecule has 2 rings (SSSR count). The van der Waals surface area contributed by atoms with E-state index in [1.165, 1.54) is 0 Å². The van der Waals surface area contributed by atoms with Crippen LogP contribution in [0.2, 0.25) is 19.6 Å². The molecule has 0 radical (unpaired) electrons. The molecule has 106 valence electrons. The molecule has 2 aromatic rings. The summed E-state index contributed by atoms with van der Waals surface area (Å²) in [5.74, 6) is 0.526. The lowest BCUT2D eigenvalue weighted by Gasteiger charge is -2.05. The molecule has 0 saturated carbocycles. The van der Waals surface area contributed by atoms with Gasteiger partial charge in [0, 0.05) is 6.07 Å². The molecule has 20 heavy (non-hydrogen) atoms. The SMILES string of the molecule is C[Si](C)(C)C#Cc1c(F)cc2c(ncn2C(F)F)c1F. The summed E-state index contributed by atoms with van der Waals surface area (Å²) in [5, 5.41) is 0. The van der Waals surface area contributed by atoms with E-state index < -0.39 is 31.8 Å². The minimum absolute atomic E-state index is 0.284. The Bertz CT molecular complexity index is 720. The van der Waals surface area contributed by atoms with Crippen molar-refractivity contribution in [1.82, 2.24) is 9.55 Å². The molecule has 2 nitrogen and oxygen atoms in total. The lowest BCUT2D eigenvalue weighted by atomic mass is 10.2. The van der Waals surface area contributed by atoms with Gasteiger partial charge in [0.15, 0.2) is 5.82 Å². The Morgan fingerprint density at radius 3 is 2.45 bits per heavy atom. The summed E-state index contributed by atoms with van der Waals surface area (Å²) < 4.78 is 53.7. The lowest BCUT2D eigenvalue weighted by molar-refractivity contribution is 0.0745. The van der Waals surface area contributed by atoms with Crippen LogP contribution in [0.4, 0.5) is 17.6 Å². The van der Waals surface area contributed by atoms with E-state index in [9.17, 15) is 17.6 Å². The van der Waals surface area contributed by atoms with Gasteiger partial charge in [0.2, 0.25) is 0 Å². The highest BCUT2D eigenvalue weighted by Crippen LogP contribution is 2.25. The van der Waals surface area contributed by atoms with Crippen LogP contribution in [0, 0.1) is 23.1 Å². The smallest absolute Gasteiger partial charge is 0.273 e. The Morgan fingerprint density at radius 1 is 1.25 bits per heavy atom. The Hall–Kier alpha value is -1.81. The first-order valence-corrected chi connectivity index (χ1v) is 9.36. The first-order chi connectivity index (χ1) is 9.20. The molecule has 7 heteroatoms. The van der Waals surface area contributed by atoms with Gasteiger partial charge in [-0.1, -0.05) is 25.6 Å². The van der Waals surface area contributed by atoms with Crippen molar-refractivity contribution in [2.24, 2.45) is 0 Å². The van der Waals surface area contributed by atoms with Crippen LogP contribution in [0.25, 0.3) is 11.0 Å². The van der Waals surface area contributed by atoms with Gasteiger partial charge in [-0.3, -0.25) is 4.57 Å². The first-order valence-electron chi connectivity index (χ1n) is 5.86. The van der Waals surface area contributed by atoms with E-state index in [1.54, 1.807) is 0 Å². The normalized spacial score (nSPS) is 11.8. The molecule has 0 aliphatic heterocycles. The quantitative estimate of drug-likeness (QED) is 0.443. The van der Waals surface area contributed by atoms with Crippen molar-refractivity contribution in [2.75, 3.05) is 0 Å². The van der Waals surface area contributed by atoms with Crippen LogP contribution in [0.5, 0.6) is 0 Å². The zero-order valence-electron chi connectivity index (χ0n) is 11.1. The van der Waals surface area contributed by atoms with Gasteiger partial charge in [-0.2, -0.15) is 8.78 Å². The highest BCUT2D eigenvalue weighted by atomic mass is 28.3. The summed E-state index contributed by atoms with van der Waals surface area (Å²) in [4.78, 5) is 3.57. The Kier molecular flexibility index (Phi) is 3.61. The summed E-state index contributed by atoms with van der Waals surface area (Å²) in [7, 11) is -1.81. The number of nitrogens with zero attached hydrogens (tertiary/aromatic N) is 2. The molecule has 0 aliphatic carbocycles. The number of alkyl halides is 2. The molecule has 0 aliphatic rings. The number of benzene rings is 1. The van der Waals surface area contributed by atoms with Crippen LogP contribution >= 0.6 is 0 Å². The van der Waals surface area contributed by atoms with Gasteiger partial charge in [0.1, 0.15) is 25.7 Å². The summed E-state index contributed by atoms with van der Waals surface area (Å²) in [6.07, 6.45) is 0.785. The van der Waals surface area contributed by atoms with Gasteiger partial charge >= 0.3 is 6.55 Å². The third-order valence-corrected chi connectivity index (χ3v) is 3.41. The summed E-state index contributed by atoms with van der Waals surface area (Å²) in [5.41, 5.74) is 1.84. The van der Waals surface area contributed by atoms with Gasteiger partial charge in [-0.15, -0.1) is 5.54 Å². The molecule has 1 heterocycles. The number of aromatic nitrogens is 2. The lowest BCUT2D eigenvalue weighted by Crippen LogP contribution is -2.16. The largest absolute Gasteiger partial charge is 0.320 e. The van der Waals surface area contributed by atoms with E-state index in [0.29, 0.717) is 4.57 Å². The second-order valence-electron chi connectivity index (χ2n) is 5.34. The molecule has 0 saturated heterocycles. The van der Waals surface area contributed by atoms with Crippen molar-refractivity contribution in [1.29, 1.82) is 0 Å². The van der Waals surface area contributed by atoms with Crippen molar-refractivity contribution in [2.45, 2.75) is 26.2 Å². The molecule has 0 N–H and O–H groups in total. The molecule has 0 atom stereocenters. The molecule has 0 amide bonds. The van der Waals surface area contributed by atoms with Crippen molar-refractivity contribution in [3.63, 3.8) is 0 Å². The Labute approximate surface area is 114 Å². The summed E-state index contributed by atoms with van der Waals surface area (Å²) >= 11 is 0. The van der Waals surface area contributed by atoms with Crippen LogP contribution < -0.4 is 0 Å². The van der Waals surface area contributed by atoms with E-state index >= 15 is 0 Å². The van der Waals surface area contributed by atoms with Gasteiger partial charge in [0.25, 0.3) is 0 Å². The maximum absolute atomic E-state index is 14.1. The number of hydrogen-bond donors (Lipinski definition) is 0. The van der Waals surface area contributed by atoms with Crippen molar-refractivity contribution >= 4 is 19.1 Å². The third kappa shape index (κ3) is 2.70. The minimum atomic E-state index is -2.90. The van der Waals surface area contributed by atoms with Gasteiger partial charge in [-0.25, -0.2) is 13.8 Å². The van der Waals surface area contributed by atoms with Crippen LogP contribution in [-0.4, -0.2) is 17.6 Å². The monoisotopic (exact) mass is 300 g/mol. The fourth-order valence-corrected chi connectivity index (χ4v) is 2.12. The molecule has 0 bridgehead atoms. The molecular formula is C13H12F4N2Si. The molecule has 0 spiro atoms. The number of imidazole rings is 1. The summed E-state index contributed by atoms with van der Waals surface area (Å²) in [6.45, 7) is 2.89. The van der Waals surface area contributed by atoms with E-state index in [0.717, 1.165) is 12.4 Å². The number of rotatable bonds is 1. The average Bonchev–Trinajstić information content (AvgIpc) is 2.70. The predicted octanol–water partition coefficient (Wildman–Crippen LogP) is 3.94. The maximum atomic E-state index is 14.1. The third-order valence-electron chi connectivity index (χ3n) is 2.53. The summed E-state index contributed by atoms with van der Waals surface area (Å²) in [6, 6.07) is 0.839. The van der Waals surface area contributed by atoms with Gasteiger partial charge < -0.3 is 0 Å². The Morgan fingerprint density at radius 2 is 1.90 bits per heavy atom. The fraction of sp³-hybridized carbons (Fsp3) is 0.308. The van der Waals surface area contributed by atoms with Crippen LogP contribution in [0.1, 0.15) is 12.1 Å². The average molecular weight is 300 g/mol. The standard InChI is InChI=1S/C13H12F4N2Si/c1-20(2,3)5-4-8-9(14)6-10-12(11(8)15)18-7-19(10)13(16)17/h6-7,13H,1-3H3. The van der Waals surface area contributed by atoms with E-state index in [-0.39, 0.29) is 11.0 Å². The van der Waals surface area contributed by atoms with Crippen LogP contribution in [0.3, 0.4) is 0 Å². The molecule has 0 fully saturated rings. The van der Waals surface area contributed by atoms with Gasteiger partial charge in [-0.05, 0) is 0 Å². The topological polar surface area (TPSA) is 17.8 Å². The molecule has 0 unspecified atom stereocenters. The maximum Gasteiger partial charge on any atom is 0.320 e. The zero-order chi connectivity index (χ0) is 15.1. The van der Waals surface area contributed by atoms with Crippen LogP contribution in [-0.2, 0) is 0 Å². The highest BCUT2D eigenvalue weighted by molar-refractivity contribution is 6.83. The van der Waals surface area contributed by atoms with E-state index in [4.69, 9.17) is 0 Å². The number of hydrogen-bond acceptors (Lipinski definition) is 1. The molecule has 1 aromatic carbocycles. The second-order valence-corrected chi connectivity index (χ2v) is 10.1. The van der Waals surface area contributed by atoms with Crippen molar-refractivity contribution in [3.05, 3.63) is 29.6 Å². The molecule has 1 aromatic heterocycles. The number of fused-ring (bicyclic) bond motifs is 1. The minimum Gasteiger partial charge on any atom is -0.273 e. The number of halogens is 4. The first kappa shape index (κ1) is 14.6.